The molecule has 0 spiro atoms. The van der Waals surface area contributed by atoms with E-state index in [1.165, 1.54) is 12.8 Å². The Morgan fingerprint density at radius 1 is 0.943 bits per heavy atom. The summed E-state index contributed by atoms with van der Waals surface area (Å²) in [5.41, 5.74) is 5.63. The van der Waals surface area contributed by atoms with Crippen LogP contribution in [0.4, 0.5) is 11.4 Å². The minimum absolute atomic E-state index is 0.0425. The minimum atomic E-state index is -0.226. The fourth-order valence-corrected chi connectivity index (χ4v) is 4.41. The van der Waals surface area contributed by atoms with Crippen LogP contribution in [0.3, 0.4) is 0 Å². The van der Waals surface area contributed by atoms with E-state index < -0.39 is 0 Å². The first-order chi connectivity index (χ1) is 17.0. The number of benzene rings is 3. The van der Waals surface area contributed by atoms with Crippen molar-refractivity contribution < 1.29 is 14.4 Å². The van der Waals surface area contributed by atoms with Crippen molar-refractivity contribution >= 4 is 29.1 Å². The van der Waals surface area contributed by atoms with Gasteiger partial charge in [0.25, 0.3) is 11.8 Å². The van der Waals surface area contributed by atoms with Crippen LogP contribution in [0.15, 0.2) is 66.7 Å². The second-order valence-corrected chi connectivity index (χ2v) is 9.41. The predicted molar refractivity (Wildman–Crippen MR) is 138 cm³/mol. The number of hydrogen-bond acceptors (Lipinski definition) is 3. The summed E-state index contributed by atoms with van der Waals surface area (Å²) in [6.45, 7) is 3.46. The molecule has 3 aromatic rings. The van der Waals surface area contributed by atoms with E-state index in [2.05, 4.69) is 10.6 Å². The van der Waals surface area contributed by atoms with Gasteiger partial charge in [-0.2, -0.15) is 0 Å². The minimum Gasteiger partial charge on any atom is -0.352 e. The van der Waals surface area contributed by atoms with Crippen molar-refractivity contribution in [3.8, 4) is 11.1 Å². The molecule has 5 rings (SSSR count). The summed E-state index contributed by atoms with van der Waals surface area (Å²) in [5, 5.41) is 5.97. The van der Waals surface area contributed by atoms with E-state index >= 15 is 0 Å². The summed E-state index contributed by atoms with van der Waals surface area (Å²) in [6, 6.07) is 20.5. The Bertz CT molecular complexity index is 1280. The SMILES string of the molecule is Cc1ccc(NC(=O)c2cccc(N3CCCC3=O)c2)cc1-c1ccc(C(=O)NCC2CC2)cc1. The van der Waals surface area contributed by atoms with Crippen LogP contribution in [-0.2, 0) is 4.79 Å². The number of carbonyl (C=O) groups excluding carboxylic acids is 3. The topological polar surface area (TPSA) is 78.5 Å². The van der Waals surface area contributed by atoms with Crippen LogP contribution >= 0.6 is 0 Å². The summed E-state index contributed by atoms with van der Waals surface area (Å²) in [4.78, 5) is 39.1. The van der Waals surface area contributed by atoms with Crippen molar-refractivity contribution in [3.05, 3.63) is 83.4 Å². The van der Waals surface area contributed by atoms with E-state index in [-0.39, 0.29) is 17.7 Å². The monoisotopic (exact) mass is 467 g/mol. The lowest BCUT2D eigenvalue weighted by Crippen LogP contribution is -2.25. The number of carbonyl (C=O) groups is 3. The van der Waals surface area contributed by atoms with E-state index in [0.717, 1.165) is 35.3 Å². The van der Waals surface area contributed by atoms with Crippen LogP contribution in [0.5, 0.6) is 0 Å². The Labute approximate surface area is 205 Å². The van der Waals surface area contributed by atoms with Gasteiger partial charge in [0.15, 0.2) is 0 Å². The molecular weight excluding hydrogens is 438 g/mol. The average Bonchev–Trinajstić information content (AvgIpc) is 3.62. The number of amides is 3. The maximum atomic E-state index is 13.0. The normalized spacial score (nSPS) is 15.2. The summed E-state index contributed by atoms with van der Waals surface area (Å²) < 4.78 is 0. The molecule has 178 valence electrons. The summed E-state index contributed by atoms with van der Waals surface area (Å²) in [6.07, 6.45) is 3.80. The number of hydrogen-bond donors (Lipinski definition) is 2. The van der Waals surface area contributed by atoms with Crippen molar-refractivity contribution in [2.75, 3.05) is 23.3 Å². The standard InChI is InChI=1S/C29H29N3O3/c1-19-7-14-24(31-29(35)23-4-2-5-25(16-23)32-15-3-6-27(32)33)17-26(19)21-10-12-22(13-11-21)28(34)30-18-20-8-9-20/h2,4-5,7,10-14,16-17,20H,3,6,8-9,15,18H2,1H3,(H,30,34)(H,31,35). The van der Waals surface area contributed by atoms with Crippen LogP contribution in [0.2, 0.25) is 0 Å². The number of nitrogens with zero attached hydrogens (tertiary/aromatic N) is 1. The molecule has 0 bridgehead atoms. The lowest BCUT2D eigenvalue weighted by atomic mass is 9.98. The van der Waals surface area contributed by atoms with Crippen LogP contribution in [0.25, 0.3) is 11.1 Å². The second kappa shape index (κ2) is 9.74. The van der Waals surface area contributed by atoms with Gasteiger partial charge in [-0.3, -0.25) is 14.4 Å². The highest BCUT2D eigenvalue weighted by atomic mass is 16.2. The molecule has 2 aliphatic rings. The molecule has 2 N–H and O–H groups in total. The lowest BCUT2D eigenvalue weighted by Gasteiger charge is -2.16. The van der Waals surface area contributed by atoms with Crippen LogP contribution in [-0.4, -0.2) is 30.8 Å². The van der Waals surface area contributed by atoms with Crippen molar-refractivity contribution in [3.63, 3.8) is 0 Å². The highest BCUT2D eigenvalue weighted by Gasteiger charge is 2.23. The third kappa shape index (κ3) is 5.27. The molecule has 1 heterocycles. The summed E-state index contributed by atoms with van der Waals surface area (Å²) >= 11 is 0. The first kappa shape index (κ1) is 22.8. The molecule has 35 heavy (non-hydrogen) atoms. The maximum Gasteiger partial charge on any atom is 0.255 e. The van der Waals surface area contributed by atoms with Gasteiger partial charge in [0.2, 0.25) is 5.91 Å². The molecule has 0 radical (unpaired) electrons. The van der Waals surface area contributed by atoms with Gasteiger partial charge in [0.1, 0.15) is 0 Å². The Hall–Kier alpha value is -3.93. The van der Waals surface area contributed by atoms with Gasteiger partial charge in [-0.05, 0) is 91.3 Å². The molecule has 0 aromatic heterocycles. The maximum absolute atomic E-state index is 13.0. The average molecular weight is 468 g/mol. The molecule has 3 aromatic carbocycles. The third-order valence-electron chi connectivity index (χ3n) is 6.70. The number of anilines is 2. The zero-order chi connectivity index (χ0) is 24.4. The molecule has 0 atom stereocenters. The highest BCUT2D eigenvalue weighted by molar-refractivity contribution is 6.06. The van der Waals surface area contributed by atoms with E-state index in [1.54, 1.807) is 23.1 Å². The fourth-order valence-electron chi connectivity index (χ4n) is 4.41. The van der Waals surface area contributed by atoms with Crippen LogP contribution in [0.1, 0.15) is 52.0 Å². The largest absolute Gasteiger partial charge is 0.352 e. The van der Waals surface area contributed by atoms with E-state index in [9.17, 15) is 14.4 Å². The lowest BCUT2D eigenvalue weighted by molar-refractivity contribution is -0.117. The van der Waals surface area contributed by atoms with E-state index in [1.807, 2.05) is 55.5 Å². The molecule has 6 heteroatoms. The number of aryl methyl sites for hydroxylation is 1. The second-order valence-electron chi connectivity index (χ2n) is 9.41. The van der Waals surface area contributed by atoms with Crippen LogP contribution < -0.4 is 15.5 Å². The van der Waals surface area contributed by atoms with Gasteiger partial charge in [0.05, 0.1) is 0 Å². The molecule has 2 fully saturated rings. The van der Waals surface area contributed by atoms with Crippen molar-refractivity contribution in [1.29, 1.82) is 0 Å². The van der Waals surface area contributed by atoms with Crippen molar-refractivity contribution in [2.45, 2.75) is 32.6 Å². The molecule has 0 unspecified atom stereocenters. The smallest absolute Gasteiger partial charge is 0.255 e. The number of rotatable bonds is 7. The number of nitrogens with one attached hydrogen (secondary N) is 2. The van der Waals surface area contributed by atoms with Gasteiger partial charge in [-0.15, -0.1) is 0 Å². The van der Waals surface area contributed by atoms with Gasteiger partial charge in [0, 0.05) is 42.0 Å². The zero-order valence-corrected chi connectivity index (χ0v) is 19.8. The van der Waals surface area contributed by atoms with E-state index in [0.29, 0.717) is 35.7 Å². The molecule has 3 amide bonds. The van der Waals surface area contributed by atoms with E-state index in [4.69, 9.17) is 0 Å². The summed E-state index contributed by atoms with van der Waals surface area (Å²) in [7, 11) is 0. The molecule has 1 aliphatic heterocycles. The molecule has 1 saturated carbocycles. The summed E-state index contributed by atoms with van der Waals surface area (Å²) in [5.74, 6) is 0.469. The van der Waals surface area contributed by atoms with Gasteiger partial charge in [-0.25, -0.2) is 0 Å². The molecule has 1 saturated heterocycles. The highest BCUT2D eigenvalue weighted by Crippen LogP contribution is 2.29. The molecule has 1 aliphatic carbocycles. The molecular formula is C29H29N3O3. The zero-order valence-electron chi connectivity index (χ0n) is 19.8. The first-order valence-corrected chi connectivity index (χ1v) is 12.2. The Morgan fingerprint density at radius 2 is 1.74 bits per heavy atom. The van der Waals surface area contributed by atoms with Gasteiger partial charge in [-0.1, -0.05) is 24.3 Å². The quantitative estimate of drug-likeness (QED) is 0.503. The predicted octanol–water partition coefficient (Wildman–Crippen LogP) is 5.18. The third-order valence-corrected chi connectivity index (χ3v) is 6.70. The van der Waals surface area contributed by atoms with Crippen LogP contribution in [0, 0.1) is 12.8 Å². The fraction of sp³-hybridized carbons (Fsp3) is 0.276. The Balaban J connectivity index is 1.30. The Kier molecular flexibility index (Phi) is 6.36. The molecule has 6 nitrogen and oxygen atoms in total. The van der Waals surface area contributed by atoms with Crippen molar-refractivity contribution in [2.24, 2.45) is 5.92 Å². The Morgan fingerprint density at radius 3 is 2.46 bits per heavy atom. The van der Waals surface area contributed by atoms with Gasteiger partial charge >= 0.3 is 0 Å². The van der Waals surface area contributed by atoms with Crippen molar-refractivity contribution in [1.82, 2.24) is 5.32 Å². The van der Waals surface area contributed by atoms with Gasteiger partial charge < -0.3 is 15.5 Å². The first-order valence-electron chi connectivity index (χ1n) is 12.2.